The van der Waals surface area contributed by atoms with Crippen molar-refractivity contribution < 1.29 is 48.3 Å². The van der Waals surface area contributed by atoms with E-state index >= 15 is 0 Å². The van der Waals surface area contributed by atoms with Crippen LogP contribution < -0.4 is 10.6 Å². The van der Waals surface area contributed by atoms with Crippen molar-refractivity contribution in [2.24, 2.45) is 0 Å². The Bertz CT molecular complexity index is 662. The lowest BCUT2D eigenvalue weighted by Gasteiger charge is -2.33. The van der Waals surface area contributed by atoms with Crippen molar-refractivity contribution in [2.45, 2.75) is 61.6 Å². The van der Waals surface area contributed by atoms with Crippen LogP contribution in [0.5, 0.6) is 0 Å². The molecule has 0 saturated carbocycles. The SMILES string of the molecule is CC1(C(=O)O)OCC(SC(=O)NCCCCCCNC(=O)SC2COC(C)(C(=O)O)OC2)CO1. The number of hydrogen-bond acceptors (Lipinski definition) is 10. The summed E-state index contributed by atoms with van der Waals surface area (Å²) in [5.74, 6) is -5.71. The summed E-state index contributed by atoms with van der Waals surface area (Å²) in [5, 5.41) is 22.7. The molecule has 0 radical (unpaired) electrons. The predicted octanol–water partition coefficient (Wildman–Crippen LogP) is 1.86. The predicted molar refractivity (Wildman–Crippen MR) is 124 cm³/mol. The average molecular weight is 525 g/mol. The van der Waals surface area contributed by atoms with Gasteiger partial charge in [-0.2, -0.15) is 0 Å². The van der Waals surface area contributed by atoms with Gasteiger partial charge in [0.2, 0.25) is 0 Å². The van der Waals surface area contributed by atoms with Crippen molar-refractivity contribution in [1.82, 2.24) is 10.6 Å². The zero-order valence-electron chi connectivity index (χ0n) is 19.2. The molecule has 0 aliphatic carbocycles. The number of ether oxygens (including phenoxy) is 4. The first-order chi connectivity index (χ1) is 16.0. The molecule has 194 valence electrons. The van der Waals surface area contributed by atoms with Crippen LogP contribution in [0.15, 0.2) is 0 Å². The van der Waals surface area contributed by atoms with E-state index in [0.717, 1.165) is 49.2 Å². The highest BCUT2D eigenvalue weighted by molar-refractivity contribution is 8.14. The monoisotopic (exact) mass is 524 g/mol. The zero-order chi connectivity index (χ0) is 25.2. The highest BCUT2D eigenvalue weighted by Gasteiger charge is 2.42. The number of carboxylic acids is 2. The van der Waals surface area contributed by atoms with Gasteiger partial charge in [-0.3, -0.25) is 9.59 Å². The molecule has 0 aromatic rings. The van der Waals surface area contributed by atoms with E-state index in [2.05, 4.69) is 10.6 Å². The molecule has 0 aromatic carbocycles. The van der Waals surface area contributed by atoms with Crippen LogP contribution in [0.3, 0.4) is 0 Å². The Balaban J connectivity index is 1.43. The number of unbranched alkanes of at least 4 members (excludes halogenated alkanes) is 3. The van der Waals surface area contributed by atoms with Crippen LogP contribution in [0.4, 0.5) is 9.59 Å². The minimum absolute atomic E-state index is 0.118. The van der Waals surface area contributed by atoms with Gasteiger partial charge in [-0.05, 0) is 12.8 Å². The van der Waals surface area contributed by atoms with Crippen molar-refractivity contribution in [2.75, 3.05) is 39.5 Å². The van der Waals surface area contributed by atoms with Gasteiger partial charge in [0.05, 0.1) is 36.9 Å². The second-order valence-corrected chi connectivity index (χ2v) is 10.6. The molecule has 0 unspecified atom stereocenters. The number of amides is 2. The molecule has 0 bridgehead atoms. The van der Waals surface area contributed by atoms with Gasteiger partial charge in [0.15, 0.2) is 0 Å². The molecule has 2 fully saturated rings. The number of nitrogens with one attached hydrogen (secondary N) is 2. The summed E-state index contributed by atoms with van der Waals surface area (Å²) in [5.41, 5.74) is 0. The fourth-order valence-corrected chi connectivity index (χ4v) is 4.46. The maximum Gasteiger partial charge on any atom is 0.364 e. The fourth-order valence-electron chi connectivity index (χ4n) is 2.94. The Morgan fingerprint density at radius 2 is 1.03 bits per heavy atom. The molecule has 2 aliphatic rings. The lowest BCUT2D eigenvalue weighted by Crippen LogP contribution is -2.49. The molecule has 2 saturated heterocycles. The Kier molecular flexibility index (Phi) is 11.4. The molecule has 12 nitrogen and oxygen atoms in total. The molecular weight excluding hydrogens is 492 g/mol. The van der Waals surface area contributed by atoms with Crippen molar-refractivity contribution >= 4 is 45.9 Å². The Morgan fingerprint density at radius 1 is 0.706 bits per heavy atom. The normalized spacial score (nSPS) is 29.2. The molecule has 2 rings (SSSR count). The first-order valence-corrected chi connectivity index (χ1v) is 12.7. The molecule has 2 heterocycles. The summed E-state index contributed by atoms with van der Waals surface area (Å²) in [6.07, 6.45) is 3.36. The van der Waals surface area contributed by atoms with Crippen molar-refractivity contribution in [3.8, 4) is 0 Å². The number of rotatable bonds is 11. The largest absolute Gasteiger partial charge is 0.477 e. The van der Waals surface area contributed by atoms with Gasteiger partial charge in [-0.1, -0.05) is 36.4 Å². The highest BCUT2D eigenvalue weighted by atomic mass is 32.2. The number of aliphatic carboxylic acids is 2. The van der Waals surface area contributed by atoms with Crippen LogP contribution in [0, 0.1) is 0 Å². The standard InChI is InChI=1S/C20H32N2O10S2/c1-19(15(23)24)29-9-13(10-30-19)33-17(27)21-7-5-3-4-6-8-22-18(28)34-14-11-31-20(2,16(25)26)32-12-14/h13-14H,3-12H2,1-2H3,(H,21,27)(H,22,28)(H,23,24)(H,25,26). The Morgan fingerprint density at radius 3 is 1.32 bits per heavy atom. The van der Waals surface area contributed by atoms with E-state index in [-0.39, 0.29) is 47.4 Å². The second kappa shape index (κ2) is 13.5. The first-order valence-electron chi connectivity index (χ1n) is 11.0. The summed E-state index contributed by atoms with van der Waals surface area (Å²) in [7, 11) is 0. The summed E-state index contributed by atoms with van der Waals surface area (Å²) in [4.78, 5) is 46.0. The number of hydrogen-bond donors (Lipinski definition) is 4. The maximum absolute atomic E-state index is 12.0. The Hall–Kier alpha value is -1.58. The van der Waals surface area contributed by atoms with E-state index < -0.39 is 23.5 Å². The molecule has 0 atom stereocenters. The van der Waals surface area contributed by atoms with Gasteiger partial charge in [-0.25, -0.2) is 9.59 Å². The van der Waals surface area contributed by atoms with Crippen LogP contribution in [0.1, 0.15) is 39.5 Å². The third kappa shape index (κ3) is 9.23. The average Bonchev–Trinajstić information content (AvgIpc) is 2.78. The zero-order valence-corrected chi connectivity index (χ0v) is 20.8. The summed E-state index contributed by atoms with van der Waals surface area (Å²) in [6.45, 7) is 4.18. The minimum Gasteiger partial charge on any atom is -0.477 e. The molecular formula is C20H32N2O10S2. The number of thioether (sulfide) groups is 2. The van der Waals surface area contributed by atoms with Gasteiger partial charge < -0.3 is 39.8 Å². The summed E-state index contributed by atoms with van der Waals surface area (Å²) in [6, 6.07) is 0. The van der Waals surface area contributed by atoms with Gasteiger partial charge in [0.25, 0.3) is 22.1 Å². The van der Waals surface area contributed by atoms with Gasteiger partial charge in [0, 0.05) is 26.9 Å². The van der Waals surface area contributed by atoms with Crippen LogP contribution in [0.2, 0.25) is 0 Å². The molecule has 0 aromatic heterocycles. The molecule has 14 heteroatoms. The van der Waals surface area contributed by atoms with Crippen molar-refractivity contribution in [3.63, 3.8) is 0 Å². The van der Waals surface area contributed by atoms with Crippen molar-refractivity contribution in [3.05, 3.63) is 0 Å². The summed E-state index contributed by atoms with van der Waals surface area (Å²) < 4.78 is 20.8. The molecule has 2 amide bonds. The van der Waals surface area contributed by atoms with E-state index in [9.17, 15) is 19.2 Å². The van der Waals surface area contributed by atoms with Gasteiger partial charge in [-0.15, -0.1) is 0 Å². The topological polar surface area (TPSA) is 170 Å². The fraction of sp³-hybridized carbons (Fsp3) is 0.800. The Labute approximate surface area is 206 Å². The summed E-state index contributed by atoms with van der Waals surface area (Å²) >= 11 is 2.07. The second-order valence-electron chi connectivity index (χ2n) is 8.07. The number of carbonyl (C=O) groups is 4. The molecule has 4 N–H and O–H groups in total. The molecule has 2 aliphatic heterocycles. The highest BCUT2D eigenvalue weighted by Crippen LogP contribution is 2.26. The van der Waals surface area contributed by atoms with Crippen LogP contribution in [0.25, 0.3) is 0 Å². The number of carbonyl (C=O) groups excluding carboxylic acids is 2. The van der Waals surface area contributed by atoms with E-state index in [1.165, 1.54) is 13.8 Å². The van der Waals surface area contributed by atoms with E-state index in [1.807, 2.05) is 0 Å². The number of carboxylic acid groups (broad SMARTS) is 2. The third-order valence-corrected chi connectivity index (χ3v) is 7.07. The maximum atomic E-state index is 12.0. The minimum atomic E-state index is -1.66. The quantitative estimate of drug-likeness (QED) is 0.290. The smallest absolute Gasteiger partial charge is 0.364 e. The van der Waals surface area contributed by atoms with Gasteiger partial charge >= 0.3 is 11.9 Å². The lowest BCUT2D eigenvalue weighted by molar-refractivity contribution is -0.255. The van der Waals surface area contributed by atoms with Gasteiger partial charge in [0.1, 0.15) is 0 Å². The van der Waals surface area contributed by atoms with Crippen LogP contribution in [-0.2, 0) is 28.5 Å². The van der Waals surface area contributed by atoms with Crippen LogP contribution >= 0.6 is 23.5 Å². The van der Waals surface area contributed by atoms with E-state index in [4.69, 9.17) is 29.2 Å². The third-order valence-electron chi connectivity index (χ3n) is 5.15. The first kappa shape index (κ1) is 28.7. The van der Waals surface area contributed by atoms with Crippen LogP contribution in [-0.4, -0.2) is 94.2 Å². The molecule has 34 heavy (non-hydrogen) atoms. The lowest BCUT2D eigenvalue weighted by atomic mass is 10.2. The molecule has 0 spiro atoms. The van der Waals surface area contributed by atoms with E-state index in [1.54, 1.807) is 0 Å². The van der Waals surface area contributed by atoms with E-state index in [0.29, 0.717) is 13.1 Å². The van der Waals surface area contributed by atoms with Crippen molar-refractivity contribution in [1.29, 1.82) is 0 Å².